The van der Waals surface area contributed by atoms with E-state index in [0.717, 1.165) is 24.8 Å². The third kappa shape index (κ3) is 3.47. The Hall–Kier alpha value is -2.60. The van der Waals surface area contributed by atoms with Crippen LogP contribution in [0.4, 0.5) is 0 Å². The highest BCUT2D eigenvalue weighted by Gasteiger charge is 2.66. The minimum atomic E-state index is -0.633. The van der Waals surface area contributed by atoms with Gasteiger partial charge in [0.25, 0.3) is 0 Å². The number of carbonyl (C=O) groups is 2. The standard InChI is InChI=1S/C25H31N3O3/c1-2-3-4-7-13-26-23(29)21-20-10-12-25(31-20)16-28(24(30)22(21)25)14-11-17-15-27-19-9-6-5-8-18(17)19/h5-6,8-10,12,15,20-22,27H,2-4,7,11,13-14,16H2,1H3,(H,26,29)/t20-,21+,22-,25-/m0/s1. The number of nitrogens with zero attached hydrogens (tertiary/aromatic N) is 1. The molecule has 4 atom stereocenters. The van der Waals surface area contributed by atoms with Crippen LogP contribution in [-0.2, 0) is 20.7 Å². The summed E-state index contributed by atoms with van der Waals surface area (Å²) in [6, 6.07) is 8.22. The summed E-state index contributed by atoms with van der Waals surface area (Å²) in [5.74, 6) is -0.801. The van der Waals surface area contributed by atoms with E-state index in [4.69, 9.17) is 4.74 Å². The van der Waals surface area contributed by atoms with Crippen molar-refractivity contribution in [3.63, 3.8) is 0 Å². The lowest BCUT2D eigenvalue weighted by Crippen LogP contribution is -2.44. The van der Waals surface area contributed by atoms with Crippen molar-refractivity contribution in [3.05, 3.63) is 48.2 Å². The van der Waals surface area contributed by atoms with Crippen molar-refractivity contribution in [2.75, 3.05) is 19.6 Å². The third-order valence-corrected chi connectivity index (χ3v) is 7.14. The first-order valence-corrected chi connectivity index (χ1v) is 11.6. The molecule has 0 radical (unpaired) electrons. The molecule has 4 heterocycles. The number of ether oxygens (including phenoxy) is 1. The second kappa shape index (κ2) is 8.15. The summed E-state index contributed by atoms with van der Waals surface area (Å²) in [4.78, 5) is 31.5. The van der Waals surface area contributed by atoms with Gasteiger partial charge in [0.05, 0.1) is 24.5 Å². The van der Waals surface area contributed by atoms with Crippen LogP contribution in [0.1, 0.15) is 38.2 Å². The topological polar surface area (TPSA) is 74.4 Å². The fourth-order valence-electron chi connectivity index (χ4n) is 5.54. The highest BCUT2D eigenvalue weighted by molar-refractivity contribution is 5.93. The summed E-state index contributed by atoms with van der Waals surface area (Å²) in [7, 11) is 0. The number of fused-ring (bicyclic) bond motifs is 2. The number of benzene rings is 1. The van der Waals surface area contributed by atoms with Crippen LogP contribution in [0.25, 0.3) is 10.9 Å². The minimum absolute atomic E-state index is 0.0375. The van der Waals surface area contributed by atoms with Crippen LogP contribution in [0.2, 0.25) is 0 Å². The largest absolute Gasteiger partial charge is 0.361 e. The van der Waals surface area contributed by atoms with Crippen LogP contribution in [0, 0.1) is 11.8 Å². The van der Waals surface area contributed by atoms with Crippen molar-refractivity contribution >= 4 is 22.7 Å². The van der Waals surface area contributed by atoms with Gasteiger partial charge in [0, 0.05) is 30.2 Å². The lowest BCUT2D eigenvalue weighted by molar-refractivity contribution is -0.137. The number of amides is 2. The molecular formula is C25H31N3O3. The minimum Gasteiger partial charge on any atom is -0.361 e. The molecule has 0 aliphatic carbocycles. The number of para-hydroxylation sites is 1. The monoisotopic (exact) mass is 421 g/mol. The molecule has 1 aromatic heterocycles. The summed E-state index contributed by atoms with van der Waals surface area (Å²) in [5, 5.41) is 4.26. The molecule has 164 valence electrons. The smallest absolute Gasteiger partial charge is 0.230 e. The van der Waals surface area contributed by atoms with E-state index >= 15 is 0 Å². The molecule has 0 saturated carbocycles. The van der Waals surface area contributed by atoms with Gasteiger partial charge in [0.2, 0.25) is 11.8 Å². The van der Waals surface area contributed by atoms with Gasteiger partial charge in [0.15, 0.2) is 0 Å². The Morgan fingerprint density at radius 2 is 2.16 bits per heavy atom. The molecule has 3 aliphatic rings. The molecule has 6 nitrogen and oxygen atoms in total. The fourth-order valence-corrected chi connectivity index (χ4v) is 5.54. The Bertz CT molecular complexity index is 1010. The van der Waals surface area contributed by atoms with Crippen LogP contribution in [-0.4, -0.2) is 53.0 Å². The summed E-state index contributed by atoms with van der Waals surface area (Å²) >= 11 is 0. The third-order valence-electron chi connectivity index (χ3n) is 7.14. The molecule has 1 aromatic carbocycles. The number of carbonyl (C=O) groups excluding carboxylic acids is 2. The summed E-state index contributed by atoms with van der Waals surface area (Å²) in [5.41, 5.74) is 1.69. The zero-order valence-corrected chi connectivity index (χ0v) is 18.1. The van der Waals surface area contributed by atoms with E-state index in [1.54, 1.807) is 0 Å². The molecule has 31 heavy (non-hydrogen) atoms. The van der Waals surface area contributed by atoms with Gasteiger partial charge in [-0.3, -0.25) is 9.59 Å². The first kappa shape index (κ1) is 20.3. The maximum Gasteiger partial charge on any atom is 0.230 e. The molecule has 2 amide bonds. The number of unbranched alkanes of at least 4 members (excludes halogenated alkanes) is 3. The lowest BCUT2D eigenvalue weighted by atomic mass is 9.77. The highest BCUT2D eigenvalue weighted by Crippen LogP contribution is 2.51. The van der Waals surface area contributed by atoms with E-state index in [9.17, 15) is 9.59 Å². The van der Waals surface area contributed by atoms with Crippen LogP contribution in [0.15, 0.2) is 42.6 Å². The lowest BCUT2D eigenvalue weighted by Gasteiger charge is -2.23. The van der Waals surface area contributed by atoms with Crippen molar-refractivity contribution < 1.29 is 14.3 Å². The van der Waals surface area contributed by atoms with Crippen LogP contribution >= 0.6 is 0 Å². The van der Waals surface area contributed by atoms with Crippen molar-refractivity contribution in [1.82, 2.24) is 15.2 Å². The normalized spacial score (nSPS) is 28.6. The highest BCUT2D eigenvalue weighted by atomic mass is 16.5. The molecular weight excluding hydrogens is 390 g/mol. The number of aromatic amines is 1. The first-order chi connectivity index (χ1) is 15.1. The summed E-state index contributed by atoms with van der Waals surface area (Å²) < 4.78 is 6.23. The van der Waals surface area contributed by atoms with Gasteiger partial charge in [-0.05, 0) is 24.5 Å². The van der Waals surface area contributed by atoms with Crippen LogP contribution < -0.4 is 5.32 Å². The van der Waals surface area contributed by atoms with E-state index in [0.29, 0.717) is 19.6 Å². The van der Waals surface area contributed by atoms with Gasteiger partial charge in [-0.2, -0.15) is 0 Å². The Morgan fingerprint density at radius 1 is 1.29 bits per heavy atom. The van der Waals surface area contributed by atoms with Gasteiger partial charge in [-0.25, -0.2) is 0 Å². The average molecular weight is 422 g/mol. The number of likely N-dealkylation sites (tertiary alicyclic amines) is 1. The Morgan fingerprint density at radius 3 is 3.03 bits per heavy atom. The quantitative estimate of drug-likeness (QED) is 0.482. The average Bonchev–Trinajstić information content (AvgIpc) is 3.52. The number of aromatic nitrogens is 1. The van der Waals surface area contributed by atoms with E-state index in [-0.39, 0.29) is 17.9 Å². The Labute approximate surface area is 183 Å². The zero-order valence-electron chi connectivity index (χ0n) is 18.1. The predicted molar refractivity (Wildman–Crippen MR) is 119 cm³/mol. The Kier molecular flexibility index (Phi) is 5.34. The van der Waals surface area contributed by atoms with Crippen molar-refractivity contribution in [3.8, 4) is 0 Å². The number of rotatable bonds is 9. The van der Waals surface area contributed by atoms with Gasteiger partial charge in [0.1, 0.15) is 5.60 Å². The van der Waals surface area contributed by atoms with E-state index in [1.165, 1.54) is 23.8 Å². The molecule has 5 rings (SSSR count). The predicted octanol–water partition coefficient (Wildman–Crippen LogP) is 3.19. The van der Waals surface area contributed by atoms with E-state index < -0.39 is 17.4 Å². The number of hydrogen-bond donors (Lipinski definition) is 2. The molecule has 2 saturated heterocycles. The van der Waals surface area contributed by atoms with Crippen molar-refractivity contribution in [1.29, 1.82) is 0 Å². The molecule has 6 heteroatoms. The Balaban J connectivity index is 1.24. The molecule has 2 fully saturated rings. The fraction of sp³-hybridized carbons (Fsp3) is 0.520. The molecule has 0 unspecified atom stereocenters. The van der Waals surface area contributed by atoms with Crippen molar-refractivity contribution in [2.45, 2.75) is 50.7 Å². The number of H-pyrrole nitrogens is 1. The summed E-state index contributed by atoms with van der Waals surface area (Å²) in [6.45, 7) is 4.01. The second-order valence-electron chi connectivity index (χ2n) is 9.12. The molecule has 3 aliphatic heterocycles. The van der Waals surface area contributed by atoms with Gasteiger partial charge >= 0.3 is 0 Å². The van der Waals surface area contributed by atoms with Gasteiger partial charge < -0.3 is 19.9 Å². The maximum atomic E-state index is 13.3. The van der Waals surface area contributed by atoms with Gasteiger partial charge in [-0.15, -0.1) is 0 Å². The van der Waals surface area contributed by atoms with Crippen LogP contribution in [0.5, 0.6) is 0 Å². The SMILES string of the molecule is CCCCCCNC(=O)[C@@H]1[C@@H]2C=C[C@@]3(CN(CCc4c[nH]c5ccccc45)C(=O)[C@H]13)O2. The number of hydrogen-bond acceptors (Lipinski definition) is 3. The second-order valence-corrected chi connectivity index (χ2v) is 9.12. The first-order valence-electron chi connectivity index (χ1n) is 11.6. The number of nitrogens with one attached hydrogen (secondary N) is 2. The maximum absolute atomic E-state index is 13.3. The van der Waals surface area contributed by atoms with E-state index in [2.05, 4.69) is 29.4 Å². The van der Waals surface area contributed by atoms with Crippen molar-refractivity contribution in [2.24, 2.45) is 11.8 Å². The summed E-state index contributed by atoms with van der Waals surface area (Å²) in [6.07, 6.45) is 11.0. The zero-order chi connectivity index (χ0) is 21.4. The van der Waals surface area contributed by atoms with Gasteiger partial charge in [-0.1, -0.05) is 56.5 Å². The molecule has 2 aromatic rings. The van der Waals surface area contributed by atoms with Crippen LogP contribution in [0.3, 0.4) is 0 Å². The molecule has 2 N–H and O–H groups in total. The van der Waals surface area contributed by atoms with E-state index in [1.807, 2.05) is 35.4 Å². The molecule has 2 bridgehead atoms. The molecule has 1 spiro atoms.